The van der Waals surface area contributed by atoms with E-state index >= 15 is 0 Å². The Labute approximate surface area is 153 Å². The molecule has 0 bridgehead atoms. The minimum absolute atomic E-state index is 0.132. The number of hydrogen-bond donors (Lipinski definition) is 2. The molecule has 0 aliphatic carbocycles. The number of ether oxygens (including phenoxy) is 2. The van der Waals surface area contributed by atoms with Gasteiger partial charge in [-0.1, -0.05) is 6.92 Å². The van der Waals surface area contributed by atoms with Crippen molar-refractivity contribution in [3.05, 3.63) is 30.0 Å². The van der Waals surface area contributed by atoms with E-state index in [1.54, 1.807) is 20.3 Å². The number of likely N-dealkylation sites (N-methyl/N-ethyl adjacent to an activating group) is 1. The van der Waals surface area contributed by atoms with Crippen LogP contribution in [-0.4, -0.2) is 60.9 Å². The van der Waals surface area contributed by atoms with Crippen molar-refractivity contribution in [2.75, 3.05) is 33.9 Å². The van der Waals surface area contributed by atoms with E-state index in [2.05, 4.69) is 27.3 Å². The molecule has 7 heteroatoms. The van der Waals surface area contributed by atoms with Gasteiger partial charge in [0, 0.05) is 18.2 Å². The first kappa shape index (κ1) is 18.3. The van der Waals surface area contributed by atoms with Crippen LogP contribution in [0.4, 0.5) is 0 Å². The number of rotatable bonds is 7. The normalized spacial score (nSPS) is 17.3. The van der Waals surface area contributed by atoms with Gasteiger partial charge in [-0.3, -0.25) is 14.8 Å². The minimum atomic E-state index is -0.132. The van der Waals surface area contributed by atoms with Crippen molar-refractivity contribution in [1.82, 2.24) is 20.4 Å². The van der Waals surface area contributed by atoms with E-state index in [0.717, 1.165) is 25.1 Å². The molecule has 1 aromatic carbocycles. The molecule has 26 heavy (non-hydrogen) atoms. The Kier molecular flexibility index (Phi) is 5.78. The van der Waals surface area contributed by atoms with Crippen LogP contribution in [0.1, 0.15) is 30.3 Å². The van der Waals surface area contributed by atoms with E-state index in [4.69, 9.17) is 9.47 Å². The van der Waals surface area contributed by atoms with Crippen LogP contribution in [0.5, 0.6) is 11.5 Å². The highest BCUT2D eigenvalue weighted by Crippen LogP contribution is 2.31. The molecule has 1 saturated heterocycles. The minimum Gasteiger partial charge on any atom is -0.493 e. The second-order valence-electron chi connectivity index (χ2n) is 6.37. The monoisotopic (exact) mass is 358 g/mol. The molecule has 140 valence electrons. The topological polar surface area (TPSA) is 79.5 Å². The summed E-state index contributed by atoms with van der Waals surface area (Å²) in [5.41, 5.74) is 1.99. The van der Waals surface area contributed by atoms with E-state index in [9.17, 15) is 4.79 Å². The molecule has 1 aliphatic heterocycles. The molecule has 7 nitrogen and oxygen atoms in total. The summed E-state index contributed by atoms with van der Waals surface area (Å²) in [5.74, 6) is 1.15. The maximum absolute atomic E-state index is 12.4. The Balaban J connectivity index is 1.66. The fourth-order valence-electron chi connectivity index (χ4n) is 3.43. The molecule has 2 heterocycles. The largest absolute Gasteiger partial charge is 0.493 e. The fourth-order valence-corrected chi connectivity index (χ4v) is 3.43. The molecule has 2 aromatic rings. The molecule has 2 N–H and O–H groups in total. The zero-order chi connectivity index (χ0) is 18.5. The molecule has 1 atom stereocenters. The highest BCUT2D eigenvalue weighted by atomic mass is 16.5. The second-order valence-corrected chi connectivity index (χ2v) is 6.37. The number of carbonyl (C=O) groups excluding carboxylic acids is 1. The Hall–Kier alpha value is -2.54. The van der Waals surface area contributed by atoms with Crippen LogP contribution >= 0.6 is 0 Å². The van der Waals surface area contributed by atoms with Crippen molar-refractivity contribution in [2.45, 2.75) is 25.8 Å². The number of H-pyrrole nitrogens is 1. The Morgan fingerprint density at radius 3 is 2.85 bits per heavy atom. The maximum Gasteiger partial charge on any atom is 0.269 e. The summed E-state index contributed by atoms with van der Waals surface area (Å²) >= 11 is 0. The van der Waals surface area contributed by atoms with Crippen LogP contribution in [0.25, 0.3) is 11.3 Å². The van der Waals surface area contributed by atoms with Crippen molar-refractivity contribution in [3.8, 4) is 22.8 Å². The molecular weight excluding hydrogens is 332 g/mol. The summed E-state index contributed by atoms with van der Waals surface area (Å²) in [5, 5.41) is 10.1. The zero-order valence-corrected chi connectivity index (χ0v) is 15.5. The molecular formula is C19H26N4O3. The first-order chi connectivity index (χ1) is 12.7. The van der Waals surface area contributed by atoms with Gasteiger partial charge >= 0.3 is 0 Å². The fraction of sp³-hybridized carbons (Fsp3) is 0.474. The smallest absolute Gasteiger partial charge is 0.269 e. The van der Waals surface area contributed by atoms with Crippen LogP contribution in [0.3, 0.4) is 0 Å². The third kappa shape index (κ3) is 3.83. The van der Waals surface area contributed by atoms with Crippen LogP contribution in [0, 0.1) is 0 Å². The molecule has 3 rings (SSSR count). The number of hydrogen-bond acceptors (Lipinski definition) is 5. The Morgan fingerprint density at radius 2 is 2.12 bits per heavy atom. The summed E-state index contributed by atoms with van der Waals surface area (Å²) < 4.78 is 10.6. The average molecular weight is 358 g/mol. The van der Waals surface area contributed by atoms with Gasteiger partial charge in [-0.25, -0.2) is 0 Å². The van der Waals surface area contributed by atoms with Gasteiger partial charge in [0.15, 0.2) is 11.5 Å². The van der Waals surface area contributed by atoms with Crippen LogP contribution in [0.2, 0.25) is 0 Å². The van der Waals surface area contributed by atoms with E-state index in [0.29, 0.717) is 35.5 Å². The molecule has 0 spiro atoms. The lowest BCUT2D eigenvalue weighted by Crippen LogP contribution is -2.40. The first-order valence-electron chi connectivity index (χ1n) is 8.96. The van der Waals surface area contributed by atoms with Gasteiger partial charge in [0.1, 0.15) is 5.69 Å². The Morgan fingerprint density at radius 1 is 1.31 bits per heavy atom. The van der Waals surface area contributed by atoms with Crippen molar-refractivity contribution in [1.29, 1.82) is 0 Å². The molecule has 1 unspecified atom stereocenters. The molecule has 1 aromatic heterocycles. The van der Waals surface area contributed by atoms with Crippen molar-refractivity contribution in [3.63, 3.8) is 0 Å². The summed E-state index contributed by atoms with van der Waals surface area (Å²) in [6.07, 6.45) is 2.33. The number of aromatic amines is 1. The van der Waals surface area contributed by atoms with Crippen molar-refractivity contribution >= 4 is 5.91 Å². The van der Waals surface area contributed by atoms with Gasteiger partial charge < -0.3 is 14.8 Å². The quantitative estimate of drug-likeness (QED) is 0.794. The maximum atomic E-state index is 12.4. The predicted octanol–water partition coefficient (Wildman–Crippen LogP) is 2.31. The van der Waals surface area contributed by atoms with E-state index < -0.39 is 0 Å². The summed E-state index contributed by atoms with van der Waals surface area (Å²) in [6.45, 7) is 4.96. The molecule has 1 amide bonds. The summed E-state index contributed by atoms with van der Waals surface area (Å²) in [6, 6.07) is 7.73. The average Bonchev–Trinajstić information content (AvgIpc) is 3.34. The lowest BCUT2D eigenvalue weighted by molar-refractivity contribution is 0.0936. The number of carbonyl (C=O) groups is 1. The number of aromatic nitrogens is 2. The zero-order valence-electron chi connectivity index (χ0n) is 15.5. The van der Waals surface area contributed by atoms with Crippen molar-refractivity contribution < 1.29 is 14.3 Å². The Bertz CT molecular complexity index is 759. The predicted molar refractivity (Wildman–Crippen MR) is 99.7 cm³/mol. The number of likely N-dealkylation sites (tertiary alicyclic amines) is 1. The highest BCUT2D eigenvalue weighted by molar-refractivity contribution is 5.93. The van der Waals surface area contributed by atoms with Gasteiger partial charge in [0.2, 0.25) is 0 Å². The van der Waals surface area contributed by atoms with Crippen LogP contribution < -0.4 is 14.8 Å². The summed E-state index contributed by atoms with van der Waals surface area (Å²) in [7, 11) is 3.19. The van der Waals surface area contributed by atoms with E-state index in [1.807, 2.05) is 18.2 Å². The van der Waals surface area contributed by atoms with Gasteiger partial charge in [0.25, 0.3) is 5.91 Å². The molecule has 0 saturated carbocycles. The van der Waals surface area contributed by atoms with Crippen molar-refractivity contribution in [2.24, 2.45) is 0 Å². The van der Waals surface area contributed by atoms with E-state index in [-0.39, 0.29) is 5.91 Å². The number of nitrogens with zero attached hydrogens (tertiary/aromatic N) is 2. The molecule has 1 fully saturated rings. The number of nitrogens with one attached hydrogen (secondary N) is 2. The molecule has 1 aliphatic rings. The first-order valence-corrected chi connectivity index (χ1v) is 8.96. The van der Waals surface area contributed by atoms with Crippen LogP contribution in [0.15, 0.2) is 24.3 Å². The SMILES string of the molecule is CCN1CCCC1CNC(=O)c1cc(-c2ccc(OC)c(OC)c2)n[nH]1. The number of benzene rings is 1. The lowest BCUT2D eigenvalue weighted by Gasteiger charge is -2.22. The molecule has 0 radical (unpaired) electrons. The number of methoxy groups -OCH3 is 2. The van der Waals surface area contributed by atoms with Gasteiger partial charge in [0.05, 0.1) is 19.9 Å². The van der Waals surface area contributed by atoms with E-state index in [1.165, 1.54) is 6.42 Å². The standard InChI is InChI=1S/C19H26N4O3/c1-4-23-9-5-6-14(23)12-20-19(24)16-11-15(21-22-16)13-7-8-17(25-2)18(10-13)26-3/h7-8,10-11,14H,4-6,9,12H2,1-3H3,(H,20,24)(H,21,22). The number of amides is 1. The van der Waals surface area contributed by atoms with Crippen LogP contribution in [-0.2, 0) is 0 Å². The third-order valence-electron chi connectivity index (χ3n) is 4.91. The lowest BCUT2D eigenvalue weighted by atomic mass is 10.1. The summed E-state index contributed by atoms with van der Waals surface area (Å²) in [4.78, 5) is 14.8. The van der Waals surface area contributed by atoms with Gasteiger partial charge in [-0.05, 0) is 50.2 Å². The van der Waals surface area contributed by atoms with Gasteiger partial charge in [-0.15, -0.1) is 0 Å². The van der Waals surface area contributed by atoms with Gasteiger partial charge in [-0.2, -0.15) is 5.10 Å². The second kappa shape index (κ2) is 8.23. The highest BCUT2D eigenvalue weighted by Gasteiger charge is 2.23. The third-order valence-corrected chi connectivity index (χ3v) is 4.91.